The van der Waals surface area contributed by atoms with Gasteiger partial charge in [-0.2, -0.15) is 0 Å². The quantitative estimate of drug-likeness (QED) is 0.723. The zero-order valence-corrected chi connectivity index (χ0v) is 14.8. The first-order valence-corrected chi connectivity index (χ1v) is 8.57. The summed E-state index contributed by atoms with van der Waals surface area (Å²) < 4.78 is 5.95. The summed E-state index contributed by atoms with van der Waals surface area (Å²) in [4.78, 5) is 14.7. The van der Waals surface area contributed by atoms with Gasteiger partial charge in [-0.1, -0.05) is 48.1 Å². The van der Waals surface area contributed by atoms with E-state index < -0.39 is 11.6 Å². The van der Waals surface area contributed by atoms with Gasteiger partial charge in [-0.25, -0.2) is 0 Å². The van der Waals surface area contributed by atoms with Crippen molar-refractivity contribution in [2.45, 2.75) is 38.2 Å². The highest BCUT2D eigenvalue weighted by atomic mass is 35.5. The van der Waals surface area contributed by atoms with E-state index in [0.717, 1.165) is 23.1 Å². The van der Waals surface area contributed by atoms with Gasteiger partial charge >= 0.3 is 5.97 Å². The number of rotatable bonds is 4. The van der Waals surface area contributed by atoms with E-state index in [0.29, 0.717) is 40.0 Å². The number of H-pyrrole nitrogens is 1. The Hall–Kier alpha value is -0.940. The van der Waals surface area contributed by atoms with Crippen molar-refractivity contribution in [2.75, 3.05) is 6.61 Å². The molecule has 7 heteroatoms. The van der Waals surface area contributed by atoms with Crippen LogP contribution in [0.2, 0.25) is 15.1 Å². The van der Waals surface area contributed by atoms with Gasteiger partial charge < -0.3 is 14.8 Å². The molecule has 1 aromatic heterocycles. The van der Waals surface area contributed by atoms with E-state index in [1.54, 1.807) is 6.07 Å². The molecule has 0 fully saturated rings. The molecule has 1 aromatic carbocycles. The zero-order chi connectivity index (χ0) is 16.8. The second kappa shape index (κ2) is 6.17. The van der Waals surface area contributed by atoms with E-state index >= 15 is 0 Å². The Bertz CT molecular complexity index is 787. The maximum atomic E-state index is 11.4. The Balaban J connectivity index is 2.30. The predicted molar refractivity (Wildman–Crippen MR) is 91.8 cm³/mol. The lowest BCUT2D eigenvalue weighted by Gasteiger charge is -2.36. The lowest BCUT2D eigenvalue weighted by Crippen LogP contribution is -2.37. The number of nitrogens with one attached hydrogen (secondary N) is 1. The number of ether oxygens (including phenoxy) is 1. The monoisotopic (exact) mass is 375 g/mol. The molecular formula is C16H16Cl3NO3. The number of aliphatic carboxylic acids is 1. The fourth-order valence-electron chi connectivity index (χ4n) is 3.46. The summed E-state index contributed by atoms with van der Waals surface area (Å²) in [6.07, 6.45) is 1.92. The molecular weight excluding hydrogens is 361 g/mol. The SMILES string of the molecule is CCCC1(CC(=O)O)OCCc2c1[nH]c1c(Cl)cc(Cl)c(Cl)c21. The topological polar surface area (TPSA) is 62.3 Å². The smallest absolute Gasteiger partial charge is 0.306 e. The molecule has 2 N–H and O–H groups in total. The Morgan fingerprint density at radius 2 is 2.13 bits per heavy atom. The Morgan fingerprint density at radius 3 is 2.78 bits per heavy atom. The van der Waals surface area contributed by atoms with E-state index in [4.69, 9.17) is 39.5 Å². The molecule has 0 saturated carbocycles. The van der Waals surface area contributed by atoms with Gasteiger partial charge in [-0.3, -0.25) is 4.79 Å². The average molecular weight is 377 g/mol. The number of benzene rings is 1. The summed E-state index contributed by atoms with van der Waals surface area (Å²) in [5.74, 6) is -0.903. The van der Waals surface area contributed by atoms with Crippen LogP contribution in [0.25, 0.3) is 10.9 Å². The fourth-order valence-corrected chi connectivity index (χ4v) is 4.23. The second-order valence-corrected chi connectivity index (χ2v) is 6.99. The first-order valence-electron chi connectivity index (χ1n) is 7.44. The largest absolute Gasteiger partial charge is 0.481 e. The van der Waals surface area contributed by atoms with Gasteiger partial charge in [0.05, 0.1) is 39.3 Å². The first-order chi connectivity index (χ1) is 10.9. The molecule has 2 heterocycles. The van der Waals surface area contributed by atoms with Crippen molar-refractivity contribution in [3.63, 3.8) is 0 Å². The van der Waals surface area contributed by atoms with Crippen LogP contribution in [0.5, 0.6) is 0 Å². The maximum Gasteiger partial charge on any atom is 0.306 e. The van der Waals surface area contributed by atoms with Crippen molar-refractivity contribution >= 4 is 51.7 Å². The molecule has 1 atom stereocenters. The van der Waals surface area contributed by atoms with E-state index in [9.17, 15) is 9.90 Å². The summed E-state index contributed by atoms with van der Waals surface area (Å²) in [6, 6.07) is 1.59. The normalized spacial score (nSPS) is 20.7. The van der Waals surface area contributed by atoms with Crippen molar-refractivity contribution in [3.8, 4) is 0 Å². The van der Waals surface area contributed by atoms with Gasteiger partial charge in [0, 0.05) is 5.39 Å². The van der Waals surface area contributed by atoms with Crippen molar-refractivity contribution in [3.05, 3.63) is 32.4 Å². The van der Waals surface area contributed by atoms with Crippen LogP contribution >= 0.6 is 34.8 Å². The average Bonchev–Trinajstić information content (AvgIpc) is 2.86. The minimum atomic E-state index is -0.903. The van der Waals surface area contributed by atoms with Gasteiger partial charge in [-0.15, -0.1) is 0 Å². The molecule has 0 saturated heterocycles. The number of aromatic amines is 1. The predicted octanol–water partition coefficient (Wildman–Crippen LogP) is 5.17. The van der Waals surface area contributed by atoms with Crippen LogP contribution in [-0.4, -0.2) is 22.7 Å². The number of aromatic nitrogens is 1. The van der Waals surface area contributed by atoms with Crippen LogP contribution in [-0.2, 0) is 21.6 Å². The zero-order valence-electron chi connectivity index (χ0n) is 12.5. The number of hydrogen-bond acceptors (Lipinski definition) is 2. The van der Waals surface area contributed by atoms with Gasteiger partial charge in [0.15, 0.2) is 0 Å². The molecule has 3 rings (SSSR count). The Morgan fingerprint density at radius 1 is 1.39 bits per heavy atom. The third-order valence-corrected chi connectivity index (χ3v) is 5.39. The third-order valence-electron chi connectivity index (χ3n) is 4.30. The fraction of sp³-hybridized carbons (Fsp3) is 0.438. The molecule has 0 spiro atoms. The third kappa shape index (κ3) is 2.72. The van der Waals surface area contributed by atoms with E-state index in [-0.39, 0.29) is 6.42 Å². The van der Waals surface area contributed by atoms with E-state index in [1.807, 2.05) is 6.92 Å². The summed E-state index contributed by atoms with van der Waals surface area (Å²) >= 11 is 18.8. The molecule has 0 radical (unpaired) electrons. The molecule has 1 aliphatic rings. The maximum absolute atomic E-state index is 11.4. The highest BCUT2D eigenvalue weighted by Gasteiger charge is 2.42. The van der Waals surface area contributed by atoms with Crippen LogP contribution in [0.3, 0.4) is 0 Å². The molecule has 1 aliphatic heterocycles. The number of hydrogen-bond donors (Lipinski definition) is 2. The lowest BCUT2D eigenvalue weighted by atomic mass is 9.85. The number of halogens is 3. The first kappa shape index (κ1) is 16.9. The minimum absolute atomic E-state index is 0.108. The van der Waals surface area contributed by atoms with Crippen LogP contribution in [0.4, 0.5) is 0 Å². The Kier molecular flexibility index (Phi) is 4.53. The van der Waals surface area contributed by atoms with Gasteiger partial charge in [0.1, 0.15) is 5.60 Å². The van der Waals surface area contributed by atoms with Crippen LogP contribution in [0.1, 0.15) is 37.4 Å². The summed E-state index contributed by atoms with van der Waals surface area (Å²) in [5, 5.41) is 11.4. The van der Waals surface area contributed by atoms with Crippen molar-refractivity contribution < 1.29 is 14.6 Å². The molecule has 0 bridgehead atoms. The highest BCUT2D eigenvalue weighted by molar-refractivity contribution is 6.48. The molecule has 1 unspecified atom stereocenters. The van der Waals surface area contributed by atoms with E-state index in [1.165, 1.54) is 0 Å². The summed E-state index contributed by atoms with van der Waals surface area (Å²) in [5.41, 5.74) is 1.51. The summed E-state index contributed by atoms with van der Waals surface area (Å²) in [6.45, 7) is 2.44. The molecule has 0 aliphatic carbocycles. The van der Waals surface area contributed by atoms with Crippen molar-refractivity contribution in [1.82, 2.24) is 4.98 Å². The number of carboxylic acid groups (broad SMARTS) is 1. The number of carboxylic acids is 1. The van der Waals surface area contributed by atoms with Crippen LogP contribution in [0, 0.1) is 0 Å². The molecule has 0 amide bonds. The van der Waals surface area contributed by atoms with E-state index in [2.05, 4.69) is 4.98 Å². The van der Waals surface area contributed by atoms with Gasteiger partial charge in [0.2, 0.25) is 0 Å². The number of carbonyl (C=O) groups is 1. The Labute approximate surface area is 148 Å². The van der Waals surface area contributed by atoms with Crippen molar-refractivity contribution in [2.24, 2.45) is 0 Å². The number of fused-ring (bicyclic) bond motifs is 3. The van der Waals surface area contributed by atoms with Gasteiger partial charge in [0.25, 0.3) is 0 Å². The molecule has 23 heavy (non-hydrogen) atoms. The lowest BCUT2D eigenvalue weighted by molar-refractivity contribution is -0.149. The second-order valence-electron chi connectivity index (χ2n) is 5.80. The summed E-state index contributed by atoms with van der Waals surface area (Å²) in [7, 11) is 0. The standard InChI is InChI=1S/C16H16Cl3NO3/c1-2-4-16(7-11(21)22)15-8(3-5-23-16)12-13(19)9(17)6-10(18)14(12)20-15/h6,20H,2-5,7H2,1H3,(H,21,22). The molecule has 4 nitrogen and oxygen atoms in total. The molecule has 124 valence electrons. The van der Waals surface area contributed by atoms with Crippen LogP contribution in [0.15, 0.2) is 6.07 Å². The minimum Gasteiger partial charge on any atom is -0.481 e. The molecule has 2 aromatic rings. The van der Waals surface area contributed by atoms with Gasteiger partial charge in [-0.05, 0) is 24.5 Å². The van der Waals surface area contributed by atoms with Crippen molar-refractivity contribution in [1.29, 1.82) is 0 Å². The van der Waals surface area contributed by atoms with Crippen LogP contribution < -0.4 is 0 Å². The highest BCUT2D eigenvalue weighted by Crippen LogP contribution is 2.46.